The highest BCUT2D eigenvalue weighted by molar-refractivity contribution is 8.15. The van der Waals surface area contributed by atoms with Gasteiger partial charge in [-0.15, -0.1) is 11.7 Å². The number of benzene rings is 2. The van der Waals surface area contributed by atoms with Gasteiger partial charge in [-0.25, -0.2) is 0 Å². The second kappa shape index (κ2) is 10.1. The summed E-state index contributed by atoms with van der Waals surface area (Å²) < 4.78 is 10.6. The van der Waals surface area contributed by atoms with Crippen LogP contribution in [0.3, 0.4) is 0 Å². The van der Waals surface area contributed by atoms with Crippen LogP contribution in [0.25, 0.3) is 0 Å². The number of methoxy groups -OCH3 is 2. The highest BCUT2D eigenvalue weighted by Gasteiger charge is 2.37. The third-order valence-electron chi connectivity index (χ3n) is 4.59. The number of amidine groups is 1. The van der Waals surface area contributed by atoms with Crippen molar-refractivity contribution in [3.8, 4) is 11.5 Å². The van der Waals surface area contributed by atoms with Crippen molar-refractivity contribution in [2.45, 2.75) is 18.6 Å². The van der Waals surface area contributed by atoms with E-state index in [1.807, 2.05) is 43.3 Å². The van der Waals surface area contributed by atoms with Gasteiger partial charge in [0.05, 0.1) is 25.7 Å². The Morgan fingerprint density at radius 2 is 1.97 bits per heavy atom. The van der Waals surface area contributed by atoms with E-state index in [1.54, 1.807) is 31.4 Å². The molecular formula is C23H25N3O3S. The smallest absolute Gasteiger partial charge is 0.242 e. The van der Waals surface area contributed by atoms with Gasteiger partial charge in [0.1, 0.15) is 0 Å². The van der Waals surface area contributed by atoms with Crippen LogP contribution in [0.15, 0.2) is 65.3 Å². The summed E-state index contributed by atoms with van der Waals surface area (Å²) in [6, 6.07) is 13.7. The summed E-state index contributed by atoms with van der Waals surface area (Å²) in [4.78, 5) is 14.5. The Kier molecular flexibility index (Phi) is 7.30. The molecule has 2 aromatic rings. The molecular weight excluding hydrogens is 398 g/mol. The molecule has 0 N–H and O–H groups in total. The molecule has 0 saturated carbocycles. The average Bonchev–Trinajstić information content (AvgIpc) is 3.03. The maximum atomic E-state index is 12.9. The largest absolute Gasteiger partial charge is 0.493 e. The van der Waals surface area contributed by atoms with Crippen LogP contribution in [0.5, 0.6) is 11.5 Å². The Bertz CT molecular complexity index is 987. The first-order valence-electron chi connectivity index (χ1n) is 9.53. The maximum Gasteiger partial charge on any atom is 0.242 e. The second-order valence-electron chi connectivity index (χ2n) is 6.78. The molecule has 3 rings (SSSR count). The molecule has 1 saturated heterocycles. The van der Waals surface area contributed by atoms with Crippen LogP contribution < -0.4 is 9.47 Å². The molecule has 0 bridgehead atoms. The summed E-state index contributed by atoms with van der Waals surface area (Å²) in [5, 5.41) is 8.86. The Morgan fingerprint density at radius 3 is 2.67 bits per heavy atom. The third kappa shape index (κ3) is 5.10. The summed E-state index contributed by atoms with van der Waals surface area (Å²) in [5.41, 5.74) is 3.13. The fourth-order valence-electron chi connectivity index (χ4n) is 3.14. The van der Waals surface area contributed by atoms with E-state index in [2.05, 4.69) is 22.8 Å². The van der Waals surface area contributed by atoms with Gasteiger partial charge in [-0.05, 0) is 42.7 Å². The molecule has 1 heterocycles. The molecule has 0 spiro atoms. The number of aryl methyl sites for hydroxylation is 1. The lowest BCUT2D eigenvalue weighted by molar-refractivity contribution is -0.125. The Balaban J connectivity index is 1.77. The lowest BCUT2D eigenvalue weighted by atomic mass is 10.1. The number of ether oxygens (including phenoxy) is 2. The van der Waals surface area contributed by atoms with E-state index in [-0.39, 0.29) is 11.2 Å². The maximum absolute atomic E-state index is 12.9. The van der Waals surface area contributed by atoms with Gasteiger partial charge in [-0.2, -0.15) is 5.10 Å². The predicted molar refractivity (Wildman–Crippen MR) is 123 cm³/mol. The molecule has 6 nitrogen and oxygen atoms in total. The predicted octanol–water partition coefficient (Wildman–Crippen LogP) is 4.07. The van der Waals surface area contributed by atoms with Crippen molar-refractivity contribution in [3.63, 3.8) is 0 Å². The van der Waals surface area contributed by atoms with E-state index in [4.69, 9.17) is 9.47 Å². The Labute approximate surface area is 181 Å². The van der Waals surface area contributed by atoms with Crippen molar-refractivity contribution in [1.29, 1.82) is 0 Å². The summed E-state index contributed by atoms with van der Waals surface area (Å²) >= 11 is 1.44. The summed E-state index contributed by atoms with van der Waals surface area (Å²) in [7, 11) is 3.18. The number of thioether (sulfide) groups is 1. The van der Waals surface area contributed by atoms with Gasteiger partial charge in [-0.3, -0.25) is 9.69 Å². The van der Waals surface area contributed by atoms with E-state index in [0.29, 0.717) is 29.6 Å². The van der Waals surface area contributed by atoms with Gasteiger partial charge in [0.2, 0.25) is 5.91 Å². The second-order valence-corrected chi connectivity index (χ2v) is 7.95. The van der Waals surface area contributed by atoms with Gasteiger partial charge >= 0.3 is 0 Å². The number of carbonyl (C=O) groups is 1. The summed E-state index contributed by atoms with van der Waals surface area (Å²) in [6.07, 6.45) is 3.97. The first-order chi connectivity index (χ1) is 14.5. The SMILES string of the molecule is C=CCN1C(=O)[C@H](Cc2cccc(C)c2)S/C1=N\N=C/c1ccc(OC)c(OC)c1. The van der Waals surface area contributed by atoms with Gasteiger partial charge < -0.3 is 9.47 Å². The van der Waals surface area contributed by atoms with Crippen molar-refractivity contribution < 1.29 is 14.3 Å². The molecule has 0 radical (unpaired) electrons. The van der Waals surface area contributed by atoms with E-state index in [0.717, 1.165) is 11.1 Å². The minimum Gasteiger partial charge on any atom is -0.493 e. The molecule has 7 heteroatoms. The highest BCUT2D eigenvalue weighted by atomic mass is 32.2. The van der Waals surface area contributed by atoms with E-state index in [9.17, 15) is 4.79 Å². The van der Waals surface area contributed by atoms with E-state index in [1.165, 1.54) is 17.3 Å². The summed E-state index contributed by atoms with van der Waals surface area (Å²) in [6.45, 7) is 6.21. The van der Waals surface area contributed by atoms with Gasteiger partial charge in [0.15, 0.2) is 16.7 Å². The molecule has 1 atom stereocenters. The number of carbonyl (C=O) groups excluding carboxylic acids is 1. The molecule has 1 fully saturated rings. The van der Waals surface area contributed by atoms with E-state index < -0.39 is 0 Å². The molecule has 0 aromatic heterocycles. The number of hydrogen-bond donors (Lipinski definition) is 0. The highest BCUT2D eigenvalue weighted by Crippen LogP contribution is 2.30. The molecule has 2 aromatic carbocycles. The zero-order valence-corrected chi connectivity index (χ0v) is 18.2. The van der Waals surface area contributed by atoms with Crippen LogP contribution in [0.1, 0.15) is 16.7 Å². The van der Waals surface area contributed by atoms with Crippen LogP contribution in [-0.2, 0) is 11.2 Å². The average molecular weight is 424 g/mol. The summed E-state index contributed by atoms with van der Waals surface area (Å²) in [5.74, 6) is 1.29. The van der Waals surface area contributed by atoms with Crippen molar-refractivity contribution in [1.82, 2.24) is 4.90 Å². The minimum absolute atomic E-state index is 0.0291. The zero-order chi connectivity index (χ0) is 21.5. The molecule has 0 unspecified atom stereocenters. The lowest BCUT2D eigenvalue weighted by Crippen LogP contribution is -2.32. The van der Waals surface area contributed by atoms with Gasteiger partial charge in [-0.1, -0.05) is 47.7 Å². The number of amides is 1. The van der Waals surface area contributed by atoms with Crippen LogP contribution in [0.2, 0.25) is 0 Å². The van der Waals surface area contributed by atoms with Gasteiger partial charge in [0, 0.05) is 6.54 Å². The molecule has 1 aliphatic heterocycles. The van der Waals surface area contributed by atoms with Crippen molar-refractivity contribution in [2.75, 3.05) is 20.8 Å². The topological polar surface area (TPSA) is 63.5 Å². The fraction of sp³-hybridized carbons (Fsp3) is 0.261. The standard InChI is InChI=1S/C23H25N3O3S/c1-5-11-26-22(27)21(14-17-8-6-7-16(2)12-17)30-23(26)25-24-15-18-9-10-19(28-3)20(13-18)29-4/h5-10,12-13,15,21H,1,11,14H2,2-4H3/b24-15-,25-23-/t21-/m0/s1. The number of hydrogen-bond acceptors (Lipinski definition) is 6. The van der Waals surface area contributed by atoms with Crippen LogP contribution >= 0.6 is 11.8 Å². The first-order valence-corrected chi connectivity index (χ1v) is 10.4. The normalized spacial score (nSPS) is 17.7. The molecule has 0 aliphatic carbocycles. The zero-order valence-electron chi connectivity index (χ0n) is 17.4. The number of rotatable bonds is 8. The minimum atomic E-state index is -0.221. The van der Waals surface area contributed by atoms with Crippen LogP contribution in [0, 0.1) is 6.92 Å². The monoisotopic (exact) mass is 423 g/mol. The fourth-order valence-corrected chi connectivity index (χ4v) is 4.29. The quantitative estimate of drug-likeness (QED) is 0.365. The first kappa shape index (κ1) is 21.6. The van der Waals surface area contributed by atoms with Crippen LogP contribution in [0.4, 0.5) is 0 Å². The Hall–Kier alpha value is -3.06. The van der Waals surface area contributed by atoms with Gasteiger partial charge in [0.25, 0.3) is 0 Å². The molecule has 1 amide bonds. The lowest BCUT2D eigenvalue weighted by Gasteiger charge is -2.13. The molecule has 30 heavy (non-hydrogen) atoms. The van der Waals surface area contributed by atoms with Crippen molar-refractivity contribution >= 4 is 29.1 Å². The number of nitrogens with zero attached hydrogens (tertiary/aromatic N) is 3. The van der Waals surface area contributed by atoms with Crippen LogP contribution in [-0.4, -0.2) is 48.2 Å². The Morgan fingerprint density at radius 1 is 1.17 bits per heavy atom. The van der Waals surface area contributed by atoms with Crippen molar-refractivity contribution in [2.24, 2.45) is 10.2 Å². The molecule has 156 valence electrons. The molecule has 1 aliphatic rings. The van der Waals surface area contributed by atoms with Crippen molar-refractivity contribution in [3.05, 3.63) is 71.8 Å². The third-order valence-corrected chi connectivity index (χ3v) is 5.76. The van der Waals surface area contributed by atoms with E-state index >= 15 is 0 Å².